The van der Waals surface area contributed by atoms with Crippen LogP contribution in [-0.4, -0.2) is 46.5 Å². The zero-order valence-corrected chi connectivity index (χ0v) is 22.1. The van der Waals surface area contributed by atoms with Gasteiger partial charge in [-0.3, -0.25) is 14.5 Å². The molecule has 2 aromatic carbocycles. The summed E-state index contributed by atoms with van der Waals surface area (Å²) in [6.07, 6.45) is 3.72. The van der Waals surface area contributed by atoms with Gasteiger partial charge in [-0.25, -0.2) is 4.79 Å². The van der Waals surface area contributed by atoms with Gasteiger partial charge in [0, 0.05) is 24.6 Å². The number of rotatable bonds is 5. The summed E-state index contributed by atoms with van der Waals surface area (Å²) in [7, 11) is 0. The number of nitriles is 1. The van der Waals surface area contributed by atoms with Crippen molar-refractivity contribution in [3.8, 4) is 17.2 Å². The predicted molar refractivity (Wildman–Crippen MR) is 143 cm³/mol. The van der Waals surface area contributed by atoms with Gasteiger partial charge >= 0.3 is 6.09 Å². The van der Waals surface area contributed by atoms with Gasteiger partial charge in [0.05, 0.1) is 6.07 Å². The summed E-state index contributed by atoms with van der Waals surface area (Å²) in [6, 6.07) is 14.9. The number of carbonyl (C=O) groups excluding carboxylic acids is 3. The number of nitrogens with zero attached hydrogens (tertiary/aromatic N) is 2. The molecule has 2 aromatic rings. The first-order valence-corrected chi connectivity index (χ1v) is 13.3. The third-order valence-electron chi connectivity index (χ3n) is 7.66. The highest BCUT2D eigenvalue weighted by Crippen LogP contribution is 2.43. The Morgan fingerprint density at radius 2 is 1.87 bits per heavy atom. The monoisotopic (exact) mass is 514 g/mol. The summed E-state index contributed by atoms with van der Waals surface area (Å²) in [4.78, 5) is 39.6. The first kappa shape index (κ1) is 25.8. The topological polar surface area (TPSA) is 112 Å². The van der Waals surface area contributed by atoms with Gasteiger partial charge in [0.2, 0.25) is 11.8 Å². The molecule has 0 spiro atoms. The van der Waals surface area contributed by atoms with Gasteiger partial charge in [0.15, 0.2) is 0 Å². The highest BCUT2D eigenvalue weighted by Gasteiger charge is 2.52. The van der Waals surface area contributed by atoms with Crippen molar-refractivity contribution in [2.24, 2.45) is 5.92 Å². The van der Waals surface area contributed by atoms with Crippen LogP contribution in [0.5, 0.6) is 0 Å². The van der Waals surface area contributed by atoms with Crippen molar-refractivity contribution in [3.63, 3.8) is 0 Å². The lowest BCUT2D eigenvalue weighted by molar-refractivity contribution is -0.128. The molecule has 1 saturated carbocycles. The van der Waals surface area contributed by atoms with E-state index in [1.165, 1.54) is 0 Å². The van der Waals surface area contributed by atoms with Crippen LogP contribution in [0.25, 0.3) is 11.1 Å². The first-order chi connectivity index (χ1) is 18.1. The van der Waals surface area contributed by atoms with Gasteiger partial charge in [-0.05, 0) is 80.7 Å². The zero-order chi connectivity index (χ0) is 27.0. The number of benzene rings is 2. The number of nitrogens with one attached hydrogen (secondary N) is 2. The Morgan fingerprint density at radius 3 is 2.58 bits per heavy atom. The van der Waals surface area contributed by atoms with E-state index in [0.717, 1.165) is 53.6 Å². The number of hydrogen-bond acceptors (Lipinski definition) is 5. The number of anilines is 1. The minimum Gasteiger partial charge on any atom is -0.444 e. The van der Waals surface area contributed by atoms with Crippen LogP contribution in [0.4, 0.5) is 10.5 Å². The van der Waals surface area contributed by atoms with E-state index in [0.29, 0.717) is 12.8 Å². The summed E-state index contributed by atoms with van der Waals surface area (Å²) in [5, 5.41) is 15.6. The lowest BCUT2D eigenvalue weighted by atomic mass is 9.96. The van der Waals surface area contributed by atoms with Gasteiger partial charge in [-0.2, -0.15) is 5.26 Å². The van der Waals surface area contributed by atoms with Crippen molar-refractivity contribution < 1.29 is 19.1 Å². The maximum atomic E-state index is 13.3. The van der Waals surface area contributed by atoms with Gasteiger partial charge in [0.1, 0.15) is 17.7 Å². The minimum atomic E-state index is -0.716. The Bertz CT molecular complexity index is 1290. The second kappa shape index (κ2) is 10.1. The molecule has 3 amide bonds. The molecule has 38 heavy (non-hydrogen) atoms. The lowest BCUT2D eigenvalue weighted by Crippen LogP contribution is -2.55. The Kier molecular flexibility index (Phi) is 6.87. The van der Waals surface area contributed by atoms with Crippen molar-refractivity contribution in [2.75, 3.05) is 5.32 Å². The summed E-state index contributed by atoms with van der Waals surface area (Å²) in [5.41, 5.74) is 4.28. The van der Waals surface area contributed by atoms with Gasteiger partial charge in [-0.1, -0.05) is 36.4 Å². The maximum absolute atomic E-state index is 13.3. The van der Waals surface area contributed by atoms with Gasteiger partial charge < -0.3 is 15.4 Å². The number of aryl methyl sites for hydroxylation is 1. The van der Waals surface area contributed by atoms with E-state index >= 15 is 0 Å². The average Bonchev–Trinajstić information content (AvgIpc) is 3.49. The normalized spacial score (nSPS) is 22.7. The van der Waals surface area contributed by atoms with Crippen molar-refractivity contribution in [1.82, 2.24) is 10.2 Å². The number of carbonyl (C=O) groups is 3. The molecule has 2 aliphatic heterocycles. The minimum absolute atomic E-state index is 0.00981. The van der Waals surface area contributed by atoms with E-state index in [9.17, 15) is 19.6 Å². The van der Waals surface area contributed by atoms with Gasteiger partial charge in [0.25, 0.3) is 0 Å². The predicted octanol–water partition coefficient (Wildman–Crippen LogP) is 4.58. The highest BCUT2D eigenvalue weighted by atomic mass is 16.6. The highest BCUT2D eigenvalue weighted by molar-refractivity contribution is 5.94. The summed E-state index contributed by atoms with van der Waals surface area (Å²) >= 11 is 0. The number of ether oxygens (including phenoxy) is 1. The molecular weight excluding hydrogens is 480 g/mol. The summed E-state index contributed by atoms with van der Waals surface area (Å²) in [6.45, 7) is 5.44. The third-order valence-corrected chi connectivity index (χ3v) is 7.66. The average molecular weight is 515 g/mol. The molecule has 2 heterocycles. The fraction of sp³-hybridized carbons (Fsp3) is 0.467. The quantitative estimate of drug-likeness (QED) is 0.607. The molecule has 3 aliphatic rings. The number of amides is 3. The van der Waals surface area contributed by atoms with Crippen molar-refractivity contribution in [2.45, 2.75) is 83.0 Å². The lowest BCUT2D eigenvalue weighted by Gasteiger charge is -2.35. The van der Waals surface area contributed by atoms with E-state index in [1.54, 1.807) is 4.90 Å². The molecule has 8 nitrogen and oxygen atoms in total. The summed E-state index contributed by atoms with van der Waals surface area (Å²) < 4.78 is 5.59. The Balaban J connectivity index is 1.24. The number of piperidine rings is 1. The molecule has 198 valence electrons. The summed E-state index contributed by atoms with van der Waals surface area (Å²) in [5.74, 6) is -0.163. The van der Waals surface area contributed by atoms with Crippen LogP contribution < -0.4 is 10.6 Å². The zero-order valence-electron chi connectivity index (χ0n) is 22.1. The van der Waals surface area contributed by atoms with Crippen LogP contribution in [0, 0.1) is 17.2 Å². The van der Waals surface area contributed by atoms with Crippen LogP contribution >= 0.6 is 0 Å². The van der Waals surface area contributed by atoms with E-state index in [1.807, 2.05) is 51.1 Å². The van der Waals surface area contributed by atoms with Crippen LogP contribution in [0.3, 0.4) is 0 Å². The van der Waals surface area contributed by atoms with Gasteiger partial charge in [-0.15, -0.1) is 0 Å². The molecule has 0 aromatic heterocycles. The number of fused-ring (bicyclic) bond motifs is 3. The van der Waals surface area contributed by atoms with E-state index in [2.05, 4.69) is 28.8 Å². The largest absolute Gasteiger partial charge is 0.444 e. The molecule has 2 bridgehead atoms. The van der Waals surface area contributed by atoms with E-state index < -0.39 is 23.8 Å². The molecular formula is C30H34N4O4. The molecule has 4 atom stereocenters. The Hall–Kier alpha value is -3.86. The molecule has 5 rings (SSSR count). The standard InChI is InChI=1S/C30H34N4O4/c1-30(2,3)38-29(37)34-24-12-10-22(15-24)27(34)28(36)32-23(17-31)14-18-4-6-19(7-5-18)21-9-8-20-11-13-26(35)33-25(20)16-21/h4-9,16,22-24,27H,10-15H2,1-3H3,(H,32,36)(H,33,35)/t22?,23-,24?,27?/m0/s1. The smallest absolute Gasteiger partial charge is 0.411 e. The maximum Gasteiger partial charge on any atom is 0.411 e. The molecule has 1 saturated heterocycles. The first-order valence-electron chi connectivity index (χ1n) is 13.3. The van der Waals surface area contributed by atoms with Crippen LogP contribution in [-0.2, 0) is 27.2 Å². The third kappa shape index (κ3) is 5.38. The molecule has 1 aliphatic carbocycles. The number of hydrogen-bond donors (Lipinski definition) is 2. The van der Waals surface area contributed by atoms with E-state index in [4.69, 9.17) is 4.74 Å². The molecule has 8 heteroatoms. The molecule has 0 radical (unpaired) electrons. The number of likely N-dealkylation sites (tertiary alicyclic amines) is 1. The van der Waals surface area contributed by atoms with Crippen LogP contribution in [0.15, 0.2) is 42.5 Å². The van der Waals surface area contributed by atoms with Crippen LogP contribution in [0.2, 0.25) is 0 Å². The van der Waals surface area contributed by atoms with E-state index in [-0.39, 0.29) is 23.8 Å². The van der Waals surface area contributed by atoms with Crippen LogP contribution in [0.1, 0.15) is 57.6 Å². The Labute approximate surface area is 223 Å². The second-order valence-corrected chi connectivity index (χ2v) is 11.6. The second-order valence-electron chi connectivity index (χ2n) is 11.6. The molecule has 2 fully saturated rings. The van der Waals surface area contributed by atoms with Crippen molar-refractivity contribution in [1.29, 1.82) is 5.26 Å². The SMILES string of the molecule is CC(C)(C)OC(=O)N1C2CCC(C2)C1C(=O)N[C@H](C#N)Cc1ccc(-c2ccc3c(c2)NC(=O)CC3)cc1. The Morgan fingerprint density at radius 1 is 1.13 bits per heavy atom. The van der Waals surface area contributed by atoms with Crippen molar-refractivity contribution in [3.05, 3.63) is 53.6 Å². The van der Waals surface area contributed by atoms with Crippen molar-refractivity contribution >= 4 is 23.6 Å². The molecule has 3 unspecified atom stereocenters. The molecule has 2 N–H and O–H groups in total. The fourth-order valence-corrected chi connectivity index (χ4v) is 5.91. The fourth-order valence-electron chi connectivity index (χ4n) is 5.91.